The van der Waals surface area contributed by atoms with E-state index in [4.69, 9.17) is 22.2 Å². The standard InChI is InChI=1S/C24H20N4OS/c25-16-19-9-11-22(12-10-19)29-17-20-7-4-8-21(15-20)23-26-27-24(30)28(23)14-13-18-5-2-1-3-6-18/h1-12,15H,13-14,17H2,(H,27,30). The lowest BCUT2D eigenvalue weighted by Gasteiger charge is -2.10. The van der Waals surface area contributed by atoms with Crippen molar-refractivity contribution < 1.29 is 4.74 Å². The molecule has 1 N–H and O–H groups in total. The van der Waals surface area contributed by atoms with Crippen molar-refractivity contribution in [2.45, 2.75) is 19.6 Å². The Labute approximate surface area is 180 Å². The first-order chi connectivity index (χ1) is 14.7. The van der Waals surface area contributed by atoms with E-state index < -0.39 is 0 Å². The Morgan fingerprint density at radius 2 is 1.73 bits per heavy atom. The molecule has 1 aromatic heterocycles. The highest BCUT2D eigenvalue weighted by Gasteiger charge is 2.10. The molecule has 6 heteroatoms. The number of aromatic nitrogens is 3. The molecule has 5 nitrogen and oxygen atoms in total. The van der Waals surface area contributed by atoms with Crippen molar-refractivity contribution in [1.29, 1.82) is 5.26 Å². The molecule has 148 valence electrons. The average Bonchev–Trinajstić information content (AvgIpc) is 3.18. The van der Waals surface area contributed by atoms with E-state index in [1.807, 2.05) is 41.0 Å². The van der Waals surface area contributed by atoms with Gasteiger partial charge in [0.1, 0.15) is 12.4 Å². The molecule has 3 aromatic carbocycles. The van der Waals surface area contributed by atoms with Crippen LogP contribution >= 0.6 is 12.2 Å². The van der Waals surface area contributed by atoms with Gasteiger partial charge in [0.05, 0.1) is 11.6 Å². The molecule has 4 aromatic rings. The summed E-state index contributed by atoms with van der Waals surface area (Å²) in [4.78, 5) is 0. The van der Waals surface area contributed by atoms with Crippen LogP contribution < -0.4 is 4.74 Å². The fraction of sp³-hybridized carbons (Fsp3) is 0.125. The molecular formula is C24H20N4OS. The normalized spacial score (nSPS) is 10.5. The summed E-state index contributed by atoms with van der Waals surface area (Å²) >= 11 is 5.45. The lowest BCUT2D eigenvalue weighted by Crippen LogP contribution is -2.04. The number of benzene rings is 3. The van der Waals surface area contributed by atoms with Crippen molar-refractivity contribution >= 4 is 12.2 Å². The molecule has 0 fully saturated rings. The van der Waals surface area contributed by atoms with E-state index >= 15 is 0 Å². The predicted octanol–water partition coefficient (Wildman–Crippen LogP) is 5.30. The number of aromatic amines is 1. The molecule has 0 bridgehead atoms. The Kier molecular flexibility index (Phi) is 6.02. The van der Waals surface area contributed by atoms with Crippen LogP contribution in [0, 0.1) is 16.1 Å². The second kappa shape index (κ2) is 9.21. The van der Waals surface area contributed by atoms with Crippen LogP contribution in [0.3, 0.4) is 0 Å². The molecule has 0 amide bonds. The minimum atomic E-state index is 0.426. The molecular weight excluding hydrogens is 392 g/mol. The number of H-pyrrole nitrogens is 1. The fourth-order valence-corrected chi connectivity index (χ4v) is 3.45. The first-order valence-corrected chi connectivity index (χ1v) is 10.0. The van der Waals surface area contributed by atoms with E-state index in [-0.39, 0.29) is 0 Å². The van der Waals surface area contributed by atoms with Gasteiger partial charge in [-0.2, -0.15) is 10.4 Å². The molecule has 30 heavy (non-hydrogen) atoms. The van der Waals surface area contributed by atoms with Crippen LogP contribution in [0.25, 0.3) is 11.4 Å². The zero-order chi connectivity index (χ0) is 20.8. The van der Waals surface area contributed by atoms with Crippen molar-refractivity contribution in [2.75, 3.05) is 0 Å². The van der Waals surface area contributed by atoms with Crippen molar-refractivity contribution in [3.63, 3.8) is 0 Å². The van der Waals surface area contributed by atoms with Crippen molar-refractivity contribution in [3.8, 4) is 23.2 Å². The molecule has 0 spiro atoms. The highest BCUT2D eigenvalue weighted by Crippen LogP contribution is 2.21. The summed E-state index contributed by atoms with van der Waals surface area (Å²) in [5.41, 5.74) is 3.88. The number of hydrogen-bond acceptors (Lipinski definition) is 4. The topological polar surface area (TPSA) is 66.6 Å². The molecule has 0 saturated carbocycles. The minimum absolute atomic E-state index is 0.426. The molecule has 4 rings (SSSR count). The average molecular weight is 413 g/mol. The van der Waals surface area contributed by atoms with E-state index in [0.29, 0.717) is 16.9 Å². The highest BCUT2D eigenvalue weighted by molar-refractivity contribution is 7.71. The summed E-state index contributed by atoms with van der Waals surface area (Å²) in [5.74, 6) is 1.54. The zero-order valence-corrected chi connectivity index (χ0v) is 17.1. The quantitative estimate of drug-likeness (QED) is 0.418. The number of nitriles is 1. The van der Waals surface area contributed by atoms with E-state index in [2.05, 4.69) is 34.5 Å². The van der Waals surface area contributed by atoms with Crippen molar-refractivity contribution in [3.05, 3.63) is 100 Å². The molecule has 0 saturated heterocycles. The van der Waals surface area contributed by atoms with Gasteiger partial charge in [0, 0.05) is 12.1 Å². The Morgan fingerprint density at radius 3 is 2.50 bits per heavy atom. The third-order valence-corrected chi connectivity index (χ3v) is 5.11. The van der Waals surface area contributed by atoms with Crippen LogP contribution in [0.2, 0.25) is 0 Å². The van der Waals surface area contributed by atoms with E-state index in [9.17, 15) is 0 Å². The van der Waals surface area contributed by atoms with Gasteiger partial charge >= 0.3 is 0 Å². The van der Waals surface area contributed by atoms with Crippen molar-refractivity contribution in [2.24, 2.45) is 0 Å². The van der Waals surface area contributed by atoms with Gasteiger partial charge in [0.2, 0.25) is 0 Å². The minimum Gasteiger partial charge on any atom is -0.489 e. The summed E-state index contributed by atoms with van der Waals surface area (Å²) in [6.45, 7) is 1.18. The Morgan fingerprint density at radius 1 is 0.967 bits per heavy atom. The van der Waals surface area contributed by atoms with Gasteiger partial charge in [0.25, 0.3) is 0 Å². The number of nitrogens with zero attached hydrogens (tertiary/aromatic N) is 3. The molecule has 1 heterocycles. The number of nitrogens with one attached hydrogen (secondary N) is 1. The van der Waals surface area contributed by atoms with Crippen LogP contribution in [0.4, 0.5) is 0 Å². The first kappa shape index (κ1) is 19.6. The van der Waals surface area contributed by atoms with Crippen LogP contribution in [0.1, 0.15) is 16.7 Å². The first-order valence-electron chi connectivity index (χ1n) is 9.64. The summed E-state index contributed by atoms with van der Waals surface area (Å²) in [7, 11) is 0. The summed E-state index contributed by atoms with van der Waals surface area (Å²) in [6.07, 6.45) is 0.878. The van der Waals surface area contributed by atoms with Gasteiger partial charge in [-0.3, -0.25) is 9.67 Å². The molecule has 0 aliphatic carbocycles. The molecule has 0 unspecified atom stereocenters. The van der Waals surface area contributed by atoms with Gasteiger partial charge in [0.15, 0.2) is 10.6 Å². The smallest absolute Gasteiger partial charge is 0.195 e. The van der Waals surface area contributed by atoms with Crippen LogP contribution in [-0.4, -0.2) is 14.8 Å². The second-order valence-corrected chi connectivity index (χ2v) is 7.25. The Balaban J connectivity index is 1.49. The molecule has 0 aliphatic rings. The number of aryl methyl sites for hydroxylation is 1. The van der Waals surface area contributed by atoms with E-state index in [1.165, 1.54) is 5.56 Å². The third-order valence-electron chi connectivity index (χ3n) is 4.80. The second-order valence-electron chi connectivity index (χ2n) is 6.86. The number of hydrogen-bond donors (Lipinski definition) is 1. The third kappa shape index (κ3) is 4.65. The zero-order valence-electron chi connectivity index (χ0n) is 16.3. The van der Waals surface area contributed by atoms with Gasteiger partial charge in [-0.25, -0.2) is 0 Å². The highest BCUT2D eigenvalue weighted by atomic mass is 32.1. The maximum atomic E-state index is 8.89. The predicted molar refractivity (Wildman–Crippen MR) is 118 cm³/mol. The van der Waals surface area contributed by atoms with Crippen LogP contribution in [0.5, 0.6) is 5.75 Å². The van der Waals surface area contributed by atoms with Crippen LogP contribution in [0.15, 0.2) is 78.9 Å². The SMILES string of the molecule is N#Cc1ccc(OCc2cccc(-c3n[nH]c(=S)n3CCc3ccccc3)c2)cc1. The van der Waals surface area contributed by atoms with E-state index in [0.717, 1.165) is 35.7 Å². The molecule has 0 radical (unpaired) electrons. The number of ether oxygens (including phenoxy) is 1. The fourth-order valence-electron chi connectivity index (χ4n) is 3.22. The maximum Gasteiger partial charge on any atom is 0.195 e. The Bertz CT molecular complexity index is 1220. The van der Waals surface area contributed by atoms with Crippen molar-refractivity contribution in [1.82, 2.24) is 14.8 Å². The van der Waals surface area contributed by atoms with Gasteiger partial charge in [-0.1, -0.05) is 48.5 Å². The summed E-state index contributed by atoms with van der Waals surface area (Å²) in [6, 6.07) is 27.6. The lowest BCUT2D eigenvalue weighted by molar-refractivity contribution is 0.306. The largest absolute Gasteiger partial charge is 0.489 e. The molecule has 0 atom stereocenters. The summed E-state index contributed by atoms with van der Waals surface area (Å²) < 4.78 is 8.50. The number of rotatable bonds is 7. The van der Waals surface area contributed by atoms with Gasteiger partial charge in [-0.15, -0.1) is 0 Å². The van der Waals surface area contributed by atoms with Gasteiger partial charge < -0.3 is 4.74 Å². The van der Waals surface area contributed by atoms with Crippen LogP contribution in [-0.2, 0) is 19.6 Å². The summed E-state index contributed by atoms with van der Waals surface area (Å²) in [5, 5.41) is 16.3. The monoisotopic (exact) mass is 412 g/mol. The maximum absolute atomic E-state index is 8.89. The lowest BCUT2D eigenvalue weighted by atomic mass is 10.1. The molecule has 0 aliphatic heterocycles. The van der Waals surface area contributed by atoms with Gasteiger partial charge in [-0.05, 0) is 60.1 Å². The van der Waals surface area contributed by atoms with E-state index in [1.54, 1.807) is 24.3 Å². The Hall–Kier alpha value is -3.69.